The Morgan fingerprint density at radius 2 is 1.86 bits per heavy atom. The second-order valence-corrected chi connectivity index (χ2v) is 4.78. The molecule has 1 fully saturated rings. The van der Waals surface area contributed by atoms with Gasteiger partial charge in [0.05, 0.1) is 0 Å². The second-order valence-electron chi connectivity index (χ2n) is 4.78. The average molecular weight is 198 g/mol. The Hall–Kier alpha value is -0.370. The van der Waals surface area contributed by atoms with Gasteiger partial charge in [-0.2, -0.15) is 0 Å². The van der Waals surface area contributed by atoms with E-state index in [1.165, 1.54) is 6.42 Å². The number of carbonyl (C=O) groups excluding carboxylic acids is 1. The summed E-state index contributed by atoms with van der Waals surface area (Å²) in [7, 11) is 1.68. The maximum absolute atomic E-state index is 12.0. The molecule has 2 heteroatoms. The molecule has 0 amide bonds. The molecule has 2 nitrogen and oxygen atoms in total. The van der Waals surface area contributed by atoms with Crippen LogP contribution in [0.4, 0.5) is 0 Å². The first kappa shape index (κ1) is 11.7. The molecule has 0 saturated heterocycles. The number of carbonyl (C=O) groups is 1. The molecular formula is C12H22O2. The van der Waals surface area contributed by atoms with Gasteiger partial charge in [0.25, 0.3) is 0 Å². The van der Waals surface area contributed by atoms with Crippen LogP contribution >= 0.6 is 0 Å². The molecule has 0 unspecified atom stereocenters. The molecule has 1 rings (SSSR count). The largest absolute Gasteiger partial charge is 0.370 e. The fourth-order valence-electron chi connectivity index (χ4n) is 2.28. The number of Topliss-reactive ketones (excluding diaryl/α,β-unsaturated/α-hetero) is 1. The minimum Gasteiger partial charge on any atom is -0.370 e. The van der Waals surface area contributed by atoms with E-state index in [1.54, 1.807) is 7.11 Å². The number of hydrogen-bond acceptors (Lipinski definition) is 2. The van der Waals surface area contributed by atoms with E-state index in [0.717, 1.165) is 25.7 Å². The lowest BCUT2D eigenvalue weighted by Gasteiger charge is -2.35. The van der Waals surface area contributed by atoms with E-state index < -0.39 is 5.60 Å². The molecule has 0 N–H and O–H groups in total. The lowest BCUT2D eigenvalue weighted by Crippen LogP contribution is -2.43. The quantitative estimate of drug-likeness (QED) is 0.694. The molecule has 0 aliphatic heterocycles. The van der Waals surface area contributed by atoms with Gasteiger partial charge < -0.3 is 4.74 Å². The van der Waals surface area contributed by atoms with Crippen LogP contribution in [0.25, 0.3) is 0 Å². The zero-order chi connectivity index (χ0) is 10.6. The van der Waals surface area contributed by atoms with Gasteiger partial charge in [-0.15, -0.1) is 0 Å². The van der Waals surface area contributed by atoms with Crippen LogP contribution in [0.2, 0.25) is 0 Å². The molecule has 0 spiro atoms. The van der Waals surface area contributed by atoms with Crippen LogP contribution in [0.3, 0.4) is 0 Å². The molecule has 1 aliphatic carbocycles. The highest BCUT2D eigenvalue weighted by Gasteiger charge is 2.38. The summed E-state index contributed by atoms with van der Waals surface area (Å²) in [4.78, 5) is 12.0. The minimum atomic E-state index is -0.428. The van der Waals surface area contributed by atoms with Gasteiger partial charge in [-0.25, -0.2) is 0 Å². The monoisotopic (exact) mass is 198 g/mol. The van der Waals surface area contributed by atoms with Crippen molar-refractivity contribution < 1.29 is 9.53 Å². The average Bonchev–Trinajstić information content (AvgIpc) is 2.18. The van der Waals surface area contributed by atoms with Crippen molar-refractivity contribution in [2.75, 3.05) is 7.11 Å². The zero-order valence-electron chi connectivity index (χ0n) is 9.64. The third kappa shape index (κ3) is 2.57. The minimum absolute atomic E-state index is 0.315. The van der Waals surface area contributed by atoms with Crippen LogP contribution < -0.4 is 0 Å². The standard InChI is InChI=1S/C12H22O2/c1-10(2)9-11(13)12(14-3)7-5-4-6-8-12/h10H,4-9H2,1-3H3. The topological polar surface area (TPSA) is 26.3 Å². The van der Waals surface area contributed by atoms with Gasteiger partial charge in [-0.1, -0.05) is 33.1 Å². The highest BCUT2D eigenvalue weighted by atomic mass is 16.5. The first-order chi connectivity index (χ1) is 6.60. The van der Waals surface area contributed by atoms with E-state index >= 15 is 0 Å². The van der Waals surface area contributed by atoms with Gasteiger partial charge in [0.1, 0.15) is 5.60 Å². The third-order valence-electron chi connectivity index (χ3n) is 3.15. The van der Waals surface area contributed by atoms with Gasteiger partial charge in [-0.3, -0.25) is 4.79 Å². The number of ether oxygens (including phenoxy) is 1. The Bertz CT molecular complexity index is 190. The summed E-state index contributed by atoms with van der Waals surface area (Å²) in [5.74, 6) is 0.756. The van der Waals surface area contributed by atoms with Gasteiger partial charge >= 0.3 is 0 Å². The first-order valence-corrected chi connectivity index (χ1v) is 5.69. The van der Waals surface area contributed by atoms with Crippen LogP contribution in [-0.2, 0) is 9.53 Å². The Morgan fingerprint density at radius 1 is 1.29 bits per heavy atom. The summed E-state index contributed by atoms with van der Waals surface area (Å²) >= 11 is 0. The van der Waals surface area contributed by atoms with Crippen molar-refractivity contribution in [3.63, 3.8) is 0 Å². The smallest absolute Gasteiger partial charge is 0.164 e. The van der Waals surface area contributed by atoms with Crippen LogP contribution in [0.15, 0.2) is 0 Å². The van der Waals surface area contributed by atoms with E-state index in [2.05, 4.69) is 13.8 Å². The van der Waals surface area contributed by atoms with Crippen molar-refractivity contribution in [3.05, 3.63) is 0 Å². The molecule has 14 heavy (non-hydrogen) atoms. The molecule has 1 saturated carbocycles. The SMILES string of the molecule is COC1(C(=O)CC(C)C)CCCCC1. The van der Waals surface area contributed by atoms with Gasteiger partial charge in [-0.05, 0) is 18.8 Å². The second kappa shape index (κ2) is 4.92. The molecule has 0 aromatic carbocycles. The van der Waals surface area contributed by atoms with Crippen molar-refractivity contribution >= 4 is 5.78 Å². The van der Waals surface area contributed by atoms with Crippen molar-refractivity contribution in [3.8, 4) is 0 Å². The zero-order valence-corrected chi connectivity index (χ0v) is 9.64. The third-order valence-corrected chi connectivity index (χ3v) is 3.15. The van der Waals surface area contributed by atoms with E-state index in [9.17, 15) is 4.79 Å². The number of rotatable bonds is 4. The van der Waals surface area contributed by atoms with Gasteiger partial charge in [0.15, 0.2) is 5.78 Å². The lowest BCUT2D eigenvalue weighted by atomic mass is 9.79. The fraction of sp³-hybridized carbons (Fsp3) is 0.917. The predicted octanol–water partition coefficient (Wildman–Crippen LogP) is 2.95. The molecule has 1 aliphatic rings. The molecule has 0 heterocycles. The summed E-state index contributed by atoms with van der Waals surface area (Å²) in [6.07, 6.45) is 6.04. The van der Waals surface area contributed by atoms with Gasteiger partial charge in [0, 0.05) is 13.5 Å². The number of hydrogen-bond donors (Lipinski definition) is 0. The highest BCUT2D eigenvalue weighted by Crippen LogP contribution is 2.33. The van der Waals surface area contributed by atoms with E-state index in [4.69, 9.17) is 4.74 Å². The van der Waals surface area contributed by atoms with Crippen molar-refractivity contribution in [1.82, 2.24) is 0 Å². The van der Waals surface area contributed by atoms with Crippen molar-refractivity contribution in [1.29, 1.82) is 0 Å². The molecule has 0 radical (unpaired) electrons. The predicted molar refractivity (Wildman–Crippen MR) is 57.3 cm³/mol. The Balaban J connectivity index is 2.62. The molecular weight excluding hydrogens is 176 g/mol. The molecule has 82 valence electrons. The lowest BCUT2D eigenvalue weighted by molar-refractivity contribution is -0.145. The summed E-state index contributed by atoms with van der Waals surface area (Å²) in [6, 6.07) is 0. The van der Waals surface area contributed by atoms with Crippen LogP contribution in [-0.4, -0.2) is 18.5 Å². The Kier molecular flexibility index (Phi) is 4.11. The van der Waals surface area contributed by atoms with Crippen LogP contribution in [0.5, 0.6) is 0 Å². The molecule has 0 aromatic heterocycles. The summed E-state index contributed by atoms with van der Waals surface area (Å²) in [5.41, 5.74) is -0.428. The fourth-order valence-corrected chi connectivity index (χ4v) is 2.28. The van der Waals surface area contributed by atoms with E-state index in [-0.39, 0.29) is 0 Å². The number of ketones is 1. The number of methoxy groups -OCH3 is 1. The Labute approximate surface area is 87.0 Å². The van der Waals surface area contributed by atoms with E-state index in [1.807, 2.05) is 0 Å². The first-order valence-electron chi connectivity index (χ1n) is 5.69. The van der Waals surface area contributed by atoms with Crippen LogP contribution in [0, 0.1) is 5.92 Å². The summed E-state index contributed by atoms with van der Waals surface area (Å²) in [6.45, 7) is 4.17. The normalized spacial score (nSPS) is 21.1. The summed E-state index contributed by atoms with van der Waals surface area (Å²) in [5, 5.41) is 0. The van der Waals surface area contributed by atoms with Gasteiger partial charge in [0.2, 0.25) is 0 Å². The maximum atomic E-state index is 12.0. The molecule has 0 aromatic rings. The van der Waals surface area contributed by atoms with E-state index in [0.29, 0.717) is 18.1 Å². The molecule has 0 atom stereocenters. The maximum Gasteiger partial charge on any atom is 0.164 e. The summed E-state index contributed by atoms with van der Waals surface area (Å²) < 4.78 is 5.49. The highest BCUT2D eigenvalue weighted by molar-refractivity contribution is 5.87. The molecule has 0 bridgehead atoms. The van der Waals surface area contributed by atoms with Crippen LogP contribution in [0.1, 0.15) is 52.4 Å². The van der Waals surface area contributed by atoms with Crippen molar-refractivity contribution in [2.45, 2.75) is 58.0 Å². The van der Waals surface area contributed by atoms with Crippen molar-refractivity contribution in [2.24, 2.45) is 5.92 Å². The Morgan fingerprint density at radius 3 is 2.29 bits per heavy atom.